The fourth-order valence-corrected chi connectivity index (χ4v) is 8.21. The van der Waals surface area contributed by atoms with Crippen LogP contribution in [0, 0.1) is 17.8 Å². The molecule has 1 N–H and O–H groups in total. The molecule has 44 heavy (non-hydrogen) atoms. The average molecular weight is 593 g/mol. The number of amides is 2. The monoisotopic (exact) mass is 592 g/mol. The number of likely N-dealkylation sites (tertiary alicyclic amines) is 2. The van der Waals surface area contributed by atoms with Gasteiger partial charge in [-0.1, -0.05) is 48.0 Å². The number of benzene rings is 2. The van der Waals surface area contributed by atoms with E-state index in [0.717, 1.165) is 38.0 Å². The van der Waals surface area contributed by atoms with Crippen LogP contribution in [-0.4, -0.2) is 64.5 Å². The molecule has 2 aromatic rings. The fourth-order valence-electron chi connectivity index (χ4n) is 8.21. The van der Waals surface area contributed by atoms with Crippen LogP contribution in [0.5, 0.6) is 11.5 Å². The highest BCUT2D eigenvalue weighted by atomic mass is 16.5. The number of nitrogens with zero attached hydrogens (tertiary/aromatic N) is 2. The third kappa shape index (κ3) is 4.54. The van der Waals surface area contributed by atoms with Gasteiger partial charge in [0.2, 0.25) is 11.8 Å². The number of aromatic hydroxyl groups is 1. The first kappa shape index (κ1) is 28.5. The van der Waals surface area contributed by atoms with E-state index in [1.807, 2.05) is 24.3 Å². The van der Waals surface area contributed by atoms with Gasteiger partial charge in [-0.15, -0.1) is 0 Å². The lowest BCUT2D eigenvalue weighted by atomic mass is 9.59. The van der Waals surface area contributed by atoms with E-state index in [-0.39, 0.29) is 47.5 Å². The smallest absolute Gasteiger partial charge is 0.233 e. The molecule has 2 fully saturated rings. The number of allylic oxidation sites excluding steroid dienone is 6. The Morgan fingerprint density at radius 1 is 0.955 bits per heavy atom. The Hall–Kier alpha value is -4.30. The van der Waals surface area contributed by atoms with Gasteiger partial charge in [0.15, 0.2) is 23.1 Å². The second-order valence-corrected chi connectivity index (χ2v) is 12.7. The SMILES string of the molecule is COc1ccc([C@H]2C3=CC[C@@H]4C(=O)N(C5CCN(Cc6ccccc6)CC5)C(=O)[C@@H]4[C@@H]3CC3=C2C(=O)C=C(C)C3=O)cc1O. The minimum atomic E-state index is -0.597. The summed E-state index contributed by atoms with van der Waals surface area (Å²) >= 11 is 0. The zero-order chi connectivity index (χ0) is 30.7. The lowest BCUT2D eigenvalue weighted by molar-refractivity contribution is -0.144. The zero-order valence-electron chi connectivity index (χ0n) is 25.0. The molecule has 3 aliphatic carbocycles. The van der Waals surface area contributed by atoms with Crippen LogP contribution in [0.2, 0.25) is 0 Å². The van der Waals surface area contributed by atoms with Crippen LogP contribution >= 0.6 is 0 Å². The van der Waals surface area contributed by atoms with E-state index in [4.69, 9.17) is 4.74 Å². The maximum atomic E-state index is 14.3. The normalized spacial score (nSPS) is 27.5. The van der Waals surface area contributed by atoms with E-state index in [1.165, 1.54) is 18.7 Å². The third-order valence-electron chi connectivity index (χ3n) is 10.3. The Morgan fingerprint density at radius 2 is 1.70 bits per heavy atom. The van der Waals surface area contributed by atoms with Gasteiger partial charge in [-0.2, -0.15) is 0 Å². The standard InChI is InChI=1S/C36H36N2O6/c1-20-16-29(40)33-27(34(20)41)18-26-24(31(33)22-8-11-30(44-2)28(39)17-22)9-10-25-32(26)36(43)38(35(25)42)23-12-14-37(15-13-23)19-21-6-4-3-5-7-21/h3-9,11,16-17,23,25-26,31-32,39H,10,12-15,18-19H2,1-2H3/t25-,26+,31-,32-/m0/s1. The lowest BCUT2D eigenvalue weighted by Gasteiger charge is -2.42. The Morgan fingerprint density at radius 3 is 2.41 bits per heavy atom. The molecule has 2 aliphatic heterocycles. The largest absolute Gasteiger partial charge is 0.504 e. The van der Waals surface area contributed by atoms with Crippen molar-refractivity contribution >= 4 is 23.4 Å². The number of Topliss-reactive ketones (excluding diaryl/α,β-unsaturated/α-hetero) is 1. The summed E-state index contributed by atoms with van der Waals surface area (Å²) in [5, 5.41) is 10.6. The molecule has 0 saturated carbocycles. The predicted octanol–water partition coefficient (Wildman–Crippen LogP) is 4.49. The van der Waals surface area contributed by atoms with E-state index in [2.05, 4.69) is 17.0 Å². The minimum Gasteiger partial charge on any atom is -0.504 e. The molecule has 7 rings (SSSR count). The number of hydrogen-bond acceptors (Lipinski definition) is 7. The van der Waals surface area contributed by atoms with Gasteiger partial charge >= 0.3 is 0 Å². The summed E-state index contributed by atoms with van der Waals surface area (Å²) in [7, 11) is 1.47. The minimum absolute atomic E-state index is 0.0678. The van der Waals surface area contributed by atoms with Crippen LogP contribution < -0.4 is 4.74 Å². The number of imide groups is 1. The molecular weight excluding hydrogens is 556 g/mol. The number of phenols is 1. The number of carbonyl (C=O) groups is 4. The van der Waals surface area contributed by atoms with Crippen LogP contribution in [-0.2, 0) is 25.7 Å². The molecule has 0 aromatic heterocycles. The van der Waals surface area contributed by atoms with Crippen LogP contribution in [0.1, 0.15) is 49.7 Å². The van der Waals surface area contributed by atoms with Gasteiger partial charge in [-0.3, -0.25) is 29.0 Å². The molecule has 0 spiro atoms. The van der Waals surface area contributed by atoms with Crippen LogP contribution in [0.4, 0.5) is 0 Å². The van der Waals surface area contributed by atoms with E-state index in [9.17, 15) is 24.3 Å². The van der Waals surface area contributed by atoms with Gasteiger partial charge < -0.3 is 9.84 Å². The first-order chi connectivity index (χ1) is 21.3. The summed E-state index contributed by atoms with van der Waals surface area (Å²) in [6, 6.07) is 15.2. The average Bonchev–Trinajstić information content (AvgIpc) is 3.29. The van der Waals surface area contributed by atoms with Gasteiger partial charge in [0.05, 0.1) is 18.9 Å². The number of ether oxygens (including phenoxy) is 1. The Kier molecular flexibility index (Phi) is 7.12. The number of hydrogen-bond donors (Lipinski definition) is 1. The number of ketones is 2. The van der Waals surface area contributed by atoms with E-state index in [0.29, 0.717) is 34.5 Å². The number of phenolic OH excluding ortho intramolecular Hbond substituents is 1. The van der Waals surface area contributed by atoms with Crippen molar-refractivity contribution in [3.05, 3.63) is 94.1 Å². The first-order valence-corrected chi connectivity index (χ1v) is 15.5. The van der Waals surface area contributed by atoms with Gasteiger partial charge in [-0.05, 0) is 67.9 Å². The van der Waals surface area contributed by atoms with Crippen LogP contribution in [0.25, 0.3) is 0 Å². The van der Waals surface area contributed by atoms with E-state index < -0.39 is 17.8 Å². The molecular formula is C36H36N2O6. The molecule has 0 radical (unpaired) electrons. The van der Waals surface area contributed by atoms with Crippen molar-refractivity contribution in [3.8, 4) is 11.5 Å². The zero-order valence-corrected chi connectivity index (χ0v) is 25.0. The number of piperidine rings is 1. The Balaban J connectivity index is 1.19. The summed E-state index contributed by atoms with van der Waals surface area (Å²) < 4.78 is 5.24. The van der Waals surface area contributed by atoms with Crippen LogP contribution in [0.3, 0.4) is 0 Å². The lowest BCUT2D eigenvalue weighted by Crippen LogP contribution is -2.47. The molecule has 2 heterocycles. The summed E-state index contributed by atoms with van der Waals surface area (Å²) in [6.07, 6.45) is 5.52. The number of fused-ring (bicyclic) bond motifs is 3. The molecule has 2 amide bonds. The molecule has 0 bridgehead atoms. The molecule has 5 aliphatic rings. The van der Waals surface area contributed by atoms with Crippen molar-refractivity contribution in [2.45, 2.75) is 51.1 Å². The third-order valence-corrected chi connectivity index (χ3v) is 10.3. The summed E-state index contributed by atoms with van der Waals surface area (Å²) in [4.78, 5) is 59.0. The predicted molar refractivity (Wildman–Crippen MR) is 163 cm³/mol. The van der Waals surface area contributed by atoms with Gasteiger partial charge in [0.25, 0.3) is 0 Å². The second-order valence-electron chi connectivity index (χ2n) is 12.7. The van der Waals surface area contributed by atoms with Crippen molar-refractivity contribution in [2.75, 3.05) is 20.2 Å². The van der Waals surface area contributed by atoms with Gasteiger partial charge in [0, 0.05) is 48.3 Å². The molecule has 226 valence electrons. The maximum Gasteiger partial charge on any atom is 0.233 e. The molecule has 0 unspecified atom stereocenters. The highest BCUT2D eigenvalue weighted by molar-refractivity contribution is 6.23. The Bertz CT molecular complexity index is 1660. The molecule has 2 saturated heterocycles. The molecule has 4 atom stereocenters. The summed E-state index contributed by atoms with van der Waals surface area (Å²) in [5.41, 5.74) is 3.98. The van der Waals surface area contributed by atoms with Crippen molar-refractivity contribution in [3.63, 3.8) is 0 Å². The number of carbonyl (C=O) groups excluding carboxylic acids is 4. The molecule has 2 aromatic carbocycles. The van der Waals surface area contributed by atoms with Crippen molar-refractivity contribution in [2.24, 2.45) is 17.8 Å². The topological polar surface area (TPSA) is 104 Å². The van der Waals surface area contributed by atoms with E-state index in [1.54, 1.807) is 30.0 Å². The number of rotatable bonds is 5. The van der Waals surface area contributed by atoms with Gasteiger partial charge in [0.1, 0.15) is 0 Å². The maximum absolute atomic E-state index is 14.3. The first-order valence-electron chi connectivity index (χ1n) is 15.5. The molecule has 8 heteroatoms. The number of methoxy groups -OCH3 is 1. The van der Waals surface area contributed by atoms with E-state index >= 15 is 0 Å². The highest BCUT2D eigenvalue weighted by Crippen LogP contribution is 2.55. The fraction of sp³-hybridized carbons (Fsp3) is 0.389. The molecule has 8 nitrogen and oxygen atoms in total. The summed E-state index contributed by atoms with van der Waals surface area (Å²) in [6.45, 7) is 4.10. The highest BCUT2D eigenvalue weighted by Gasteiger charge is 2.57. The van der Waals surface area contributed by atoms with Gasteiger partial charge in [-0.25, -0.2) is 0 Å². The quantitative estimate of drug-likeness (QED) is 0.310. The Labute approximate surface area is 256 Å². The van der Waals surface area contributed by atoms with Crippen molar-refractivity contribution < 1.29 is 29.0 Å². The summed E-state index contributed by atoms with van der Waals surface area (Å²) in [5.74, 6) is -2.49. The van der Waals surface area contributed by atoms with Crippen molar-refractivity contribution in [1.29, 1.82) is 0 Å². The second kappa shape index (κ2) is 11.0. The van der Waals surface area contributed by atoms with Crippen molar-refractivity contribution in [1.82, 2.24) is 9.80 Å². The van der Waals surface area contributed by atoms with Crippen LogP contribution in [0.15, 0.2) is 83.0 Å².